The predicted octanol–water partition coefficient (Wildman–Crippen LogP) is 4.96. The van der Waals surface area contributed by atoms with E-state index in [1.807, 2.05) is 46.8 Å². The fourth-order valence-electron chi connectivity index (χ4n) is 4.54. The van der Waals surface area contributed by atoms with E-state index in [-0.39, 0.29) is 23.9 Å². The number of rotatable bonds is 10. The van der Waals surface area contributed by atoms with E-state index < -0.39 is 28.9 Å². The average Bonchev–Trinajstić information content (AvgIpc) is 3.25. The van der Waals surface area contributed by atoms with Gasteiger partial charge in [-0.2, -0.15) is 0 Å². The number of aliphatic carboxylic acids is 1. The van der Waals surface area contributed by atoms with Gasteiger partial charge in [0.1, 0.15) is 6.04 Å². The van der Waals surface area contributed by atoms with Crippen molar-refractivity contribution in [2.45, 2.75) is 92.8 Å². The van der Waals surface area contributed by atoms with Crippen LogP contribution in [0, 0.1) is 5.41 Å². The Labute approximate surface area is 234 Å². The van der Waals surface area contributed by atoms with Gasteiger partial charge in [-0.15, -0.1) is 0 Å². The van der Waals surface area contributed by atoms with Crippen LogP contribution in [0.5, 0.6) is 0 Å². The third-order valence-corrected chi connectivity index (χ3v) is 6.88. The molecule has 0 aliphatic carbocycles. The molecule has 2 aromatic rings. The number of para-hydroxylation sites is 1. The fourth-order valence-corrected chi connectivity index (χ4v) is 4.54. The van der Waals surface area contributed by atoms with Crippen LogP contribution in [0.1, 0.15) is 74.3 Å². The molecule has 0 aliphatic rings. The quantitative estimate of drug-likeness (QED) is 0.368. The van der Waals surface area contributed by atoms with E-state index in [1.54, 1.807) is 14.1 Å². The highest BCUT2D eigenvalue weighted by molar-refractivity contribution is 5.93. The summed E-state index contributed by atoms with van der Waals surface area (Å²) in [6.07, 6.45) is 4.85. The average molecular weight is 543 g/mol. The van der Waals surface area contributed by atoms with Crippen molar-refractivity contribution < 1.29 is 19.5 Å². The van der Waals surface area contributed by atoms with Gasteiger partial charge in [-0.05, 0) is 37.9 Å². The van der Waals surface area contributed by atoms with E-state index in [0.717, 1.165) is 23.0 Å². The first-order chi connectivity index (χ1) is 18.1. The number of benzene rings is 1. The number of likely N-dealkylation sites (N-methyl/N-ethyl adjacent to an activating group) is 2. The predicted molar refractivity (Wildman–Crippen MR) is 160 cm³/mol. The second kappa shape index (κ2) is 14.3. The summed E-state index contributed by atoms with van der Waals surface area (Å²) in [5, 5.41) is 16.4. The molecule has 2 rings (SSSR count). The number of hydrogen-bond donors (Lipinski definition) is 3. The number of nitrogens with zero attached hydrogens (tertiary/aromatic N) is 2. The number of carbonyl (C=O) groups excluding carboxylic acids is 2. The largest absolute Gasteiger partial charge is 0.478 e. The smallest absolute Gasteiger partial charge is 0.331 e. The summed E-state index contributed by atoms with van der Waals surface area (Å²) in [6, 6.07) is 6.77. The van der Waals surface area contributed by atoms with Crippen LogP contribution in [0.3, 0.4) is 0 Å². The summed E-state index contributed by atoms with van der Waals surface area (Å²) in [4.78, 5) is 39.6. The molecule has 1 aromatic carbocycles. The molecule has 0 bridgehead atoms. The third kappa shape index (κ3) is 8.43. The Kier molecular flexibility index (Phi) is 12.4. The molecule has 2 amide bonds. The Morgan fingerprint density at radius 2 is 1.62 bits per heavy atom. The zero-order chi connectivity index (χ0) is 30.1. The number of amides is 2. The first kappa shape index (κ1) is 33.9. The zero-order valence-corrected chi connectivity index (χ0v) is 25.8. The Bertz CT molecular complexity index is 1160. The number of hydrogen-bond acceptors (Lipinski definition) is 4. The van der Waals surface area contributed by atoms with Crippen LogP contribution >= 0.6 is 0 Å². The van der Waals surface area contributed by atoms with Gasteiger partial charge in [-0.25, -0.2) is 4.79 Å². The Morgan fingerprint density at radius 1 is 1.05 bits per heavy atom. The summed E-state index contributed by atoms with van der Waals surface area (Å²) < 4.78 is 2.18. The maximum Gasteiger partial charge on any atom is 0.331 e. The van der Waals surface area contributed by atoms with Crippen molar-refractivity contribution in [3.63, 3.8) is 0 Å². The number of aryl methyl sites for hydroxylation is 1. The standard InChI is InChI=1S/C28H42N4O4.C3H8/c1-10-32-17-20(19-13-11-12-14-21(19)32)28(6,7)22(29-8)24(33)30-23(27(3,4)5)25(34)31(9)16-15-18(2)26(35)36;1-3-2/h11-15,17,22-23,29H,10,16H2,1-9H3,(H,30,33)(H,35,36);3H2,1-2H3/b18-15+;. The number of carbonyl (C=O) groups is 3. The zero-order valence-electron chi connectivity index (χ0n) is 25.8. The molecule has 2 unspecified atom stereocenters. The molecule has 0 spiro atoms. The summed E-state index contributed by atoms with van der Waals surface area (Å²) in [7, 11) is 3.36. The van der Waals surface area contributed by atoms with E-state index >= 15 is 0 Å². The van der Waals surface area contributed by atoms with Crippen molar-refractivity contribution >= 4 is 28.7 Å². The van der Waals surface area contributed by atoms with Crippen molar-refractivity contribution in [3.05, 3.63) is 47.7 Å². The van der Waals surface area contributed by atoms with E-state index in [4.69, 9.17) is 5.11 Å². The van der Waals surface area contributed by atoms with Crippen LogP contribution in [0.2, 0.25) is 0 Å². The van der Waals surface area contributed by atoms with E-state index in [2.05, 4.69) is 54.3 Å². The van der Waals surface area contributed by atoms with Crippen molar-refractivity contribution in [2.24, 2.45) is 5.41 Å². The van der Waals surface area contributed by atoms with Gasteiger partial charge in [0.25, 0.3) is 0 Å². The molecule has 0 saturated heterocycles. The highest BCUT2D eigenvalue weighted by atomic mass is 16.4. The number of fused-ring (bicyclic) bond motifs is 1. The molecule has 0 radical (unpaired) electrons. The second-order valence-corrected chi connectivity index (χ2v) is 11.7. The molecule has 3 N–H and O–H groups in total. The van der Waals surface area contributed by atoms with Crippen LogP contribution in [0.25, 0.3) is 10.9 Å². The van der Waals surface area contributed by atoms with Crippen molar-refractivity contribution in [1.82, 2.24) is 20.1 Å². The molecule has 1 heterocycles. The normalized spacial score (nSPS) is 13.8. The maximum atomic E-state index is 13.7. The second-order valence-electron chi connectivity index (χ2n) is 11.7. The van der Waals surface area contributed by atoms with E-state index in [9.17, 15) is 14.4 Å². The summed E-state index contributed by atoms with van der Waals surface area (Å²) in [5.74, 6) is -1.57. The van der Waals surface area contributed by atoms with Gasteiger partial charge >= 0.3 is 5.97 Å². The van der Waals surface area contributed by atoms with Gasteiger partial charge in [0.05, 0.1) is 6.04 Å². The Hall–Kier alpha value is -3.13. The van der Waals surface area contributed by atoms with Crippen molar-refractivity contribution in [1.29, 1.82) is 0 Å². The molecule has 0 fully saturated rings. The Morgan fingerprint density at radius 3 is 2.10 bits per heavy atom. The van der Waals surface area contributed by atoms with Gasteiger partial charge in [0.15, 0.2) is 0 Å². The van der Waals surface area contributed by atoms with Gasteiger partial charge in [-0.1, -0.05) is 79.2 Å². The summed E-state index contributed by atoms with van der Waals surface area (Å²) in [6.45, 7) is 18.5. The summed E-state index contributed by atoms with van der Waals surface area (Å²) >= 11 is 0. The molecule has 8 heteroatoms. The molecule has 1 aromatic heterocycles. The number of carboxylic acid groups (broad SMARTS) is 1. The number of nitrogens with one attached hydrogen (secondary N) is 2. The molecule has 0 saturated carbocycles. The van der Waals surface area contributed by atoms with Gasteiger partial charge < -0.3 is 25.2 Å². The lowest BCUT2D eigenvalue weighted by atomic mass is 9.76. The Balaban J connectivity index is 0.00000242. The lowest BCUT2D eigenvalue weighted by Crippen LogP contribution is -2.60. The maximum absolute atomic E-state index is 13.7. The van der Waals surface area contributed by atoms with Gasteiger partial charge in [0.2, 0.25) is 11.8 Å². The first-order valence-corrected chi connectivity index (χ1v) is 13.8. The van der Waals surface area contributed by atoms with Crippen LogP contribution in [0.15, 0.2) is 42.1 Å². The minimum absolute atomic E-state index is 0.136. The van der Waals surface area contributed by atoms with Gasteiger partial charge in [-0.3, -0.25) is 9.59 Å². The molecule has 39 heavy (non-hydrogen) atoms. The van der Waals surface area contributed by atoms with Gasteiger partial charge in [0, 0.05) is 48.2 Å². The molecule has 8 nitrogen and oxygen atoms in total. The lowest BCUT2D eigenvalue weighted by molar-refractivity contribution is -0.139. The molecular weight excluding hydrogens is 492 g/mol. The van der Waals surface area contributed by atoms with Crippen LogP contribution in [-0.2, 0) is 26.3 Å². The molecule has 218 valence electrons. The topological polar surface area (TPSA) is 104 Å². The highest BCUT2D eigenvalue weighted by Gasteiger charge is 2.41. The van der Waals surface area contributed by atoms with E-state index in [1.165, 1.54) is 24.3 Å². The minimum atomic E-state index is -1.03. The van der Waals surface area contributed by atoms with E-state index in [0.29, 0.717) is 0 Å². The monoisotopic (exact) mass is 542 g/mol. The third-order valence-electron chi connectivity index (χ3n) is 6.88. The van der Waals surface area contributed by atoms with Crippen LogP contribution in [0.4, 0.5) is 0 Å². The lowest BCUT2D eigenvalue weighted by Gasteiger charge is -2.38. The van der Waals surface area contributed by atoms with Crippen LogP contribution < -0.4 is 10.6 Å². The number of carboxylic acids is 1. The van der Waals surface area contributed by atoms with Crippen molar-refractivity contribution in [2.75, 3.05) is 20.6 Å². The SMILES string of the molecule is CCC.CCn1cc(C(C)(C)C(NC)C(=O)NC(C(=O)N(C)C/C=C(\C)C(=O)O)C(C)(C)C)c2ccccc21. The van der Waals surface area contributed by atoms with Crippen LogP contribution in [-0.4, -0.2) is 65.1 Å². The fraction of sp³-hybridized carbons (Fsp3) is 0.581. The first-order valence-electron chi connectivity index (χ1n) is 13.8. The minimum Gasteiger partial charge on any atom is -0.478 e. The molecule has 0 aliphatic heterocycles. The molecule has 2 atom stereocenters. The summed E-state index contributed by atoms with van der Waals surface area (Å²) in [5.41, 5.74) is 1.19. The van der Waals surface area contributed by atoms with Crippen molar-refractivity contribution in [3.8, 4) is 0 Å². The number of aromatic nitrogens is 1. The highest BCUT2D eigenvalue weighted by Crippen LogP contribution is 2.35. The molecular formula is C31H50N4O4.